The molecule has 0 aliphatic carbocycles. The maximum atomic E-state index is 12.8. The van der Waals surface area contributed by atoms with Gasteiger partial charge in [0, 0.05) is 18.5 Å². The number of anilines is 1. The number of carbonyl (C=O) groups is 2. The number of thioether (sulfide) groups is 1. The molecular formula is C29H28N4O2S. The monoisotopic (exact) mass is 496 g/mol. The summed E-state index contributed by atoms with van der Waals surface area (Å²) in [7, 11) is 0. The van der Waals surface area contributed by atoms with Crippen molar-refractivity contribution in [2.24, 2.45) is 10.1 Å². The van der Waals surface area contributed by atoms with Gasteiger partial charge in [0.1, 0.15) is 5.25 Å². The molecule has 2 aliphatic rings. The molecule has 2 atom stereocenters. The van der Waals surface area contributed by atoms with Gasteiger partial charge in [-0.3, -0.25) is 9.59 Å². The normalized spacial score (nSPS) is 19.3. The molecule has 0 fully saturated rings. The maximum Gasteiger partial charge on any atom is 0.262 e. The summed E-state index contributed by atoms with van der Waals surface area (Å²) >= 11 is 1.32. The number of amides is 2. The lowest BCUT2D eigenvalue weighted by atomic mass is 9.98. The highest BCUT2D eigenvalue weighted by molar-refractivity contribution is 8.15. The molecule has 0 saturated heterocycles. The van der Waals surface area contributed by atoms with Gasteiger partial charge in [-0.15, -0.1) is 0 Å². The fraction of sp³-hybridized carbons (Fsp3) is 0.241. The molecule has 3 aromatic carbocycles. The summed E-state index contributed by atoms with van der Waals surface area (Å²) in [4.78, 5) is 29.9. The van der Waals surface area contributed by atoms with Crippen LogP contribution in [0.25, 0.3) is 0 Å². The third-order valence-corrected chi connectivity index (χ3v) is 7.71. The first-order valence-electron chi connectivity index (χ1n) is 12.0. The Balaban J connectivity index is 1.33. The number of hydrazone groups is 1. The van der Waals surface area contributed by atoms with E-state index in [2.05, 4.69) is 41.5 Å². The molecule has 1 N–H and O–H groups in total. The number of nitrogens with zero attached hydrogens (tertiary/aromatic N) is 3. The Labute approximate surface area is 215 Å². The van der Waals surface area contributed by atoms with Crippen LogP contribution in [0, 0.1) is 20.8 Å². The second kappa shape index (κ2) is 10.1. The third kappa shape index (κ3) is 5.11. The highest BCUT2D eigenvalue weighted by Crippen LogP contribution is 2.38. The van der Waals surface area contributed by atoms with Crippen molar-refractivity contribution >= 4 is 40.1 Å². The highest BCUT2D eigenvalue weighted by Gasteiger charge is 2.39. The van der Waals surface area contributed by atoms with Gasteiger partial charge in [0.05, 0.1) is 11.8 Å². The molecule has 2 aliphatic heterocycles. The number of amidine groups is 1. The summed E-state index contributed by atoms with van der Waals surface area (Å²) in [5.74, 6) is -0.498. The Kier molecular flexibility index (Phi) is 6.74. The number of aryl methyl sites for hydroxylation is 3. The van der Waals surface area contributed by atoms with Crippen LogP contribution in [0.1, 0.15) is 46.7 Å². The lowest BCUT2D eigenvalue weighted by Gasteiger charge is -2.23. The molecular weight excluding hydrogens is 468 g/mol. The molecule has 3 aromatic rings. The van der Waals surface area contributed by atoms with Crippen LogP contribution < -0.4 is 5.32 Å². The maximum absolute atomic E-state index is 12.8. The molecule has 0 saturated carbocycles. The minimum Gasteiger partial charge on any atom is -0.326 e. The van der Waals surface area contributed by atoms with Gasteiger partial charge in [0.25, 0.3) is 5.91 Å². The van der Waals surface area contributed by atoms with Gasteiger partial charge in [-0.2, -0.15) is 10.1 Å². The van der Waals surface area contributed by atoms with Crippen molar-refractivity contribution in [3.05, 3.63) is 101 Å². The van der Waals surface area contributed by atoms with Gasteiger partial charge in [0.15, 0.2) is 5.17 Å². The summed E-state index contributed by atoms with van der Waals surface area (Å²) < 4.78 is 0. The van der Waals surface area contributed by atoms with Gasteiger partial charge in [0.2, 0.25) is 5.91 Å². The van der Waals surface area contributed by atoms with Crippen LogP contribution in [-0.2, 0) is 9.59 Å². The van der Waals surface area contributed by atoms with Crippen molar-refractivity contribution < 1.29 is 9.59 Å². The largest absolute Gasteiger partial charge is 0.326 e. The van der Waals surface area contributed by atoms with E-state index in [4.69, 9.17) is 5.10 Å². The Morgan fingerprint density at radius 2 is 1.75 bits per heavy atom. The minimum atomic E-state index is -0.568. The molecule has 6 nitrogen and oxygen atoms in total. The lowest BCUT2D eigenvalue weighted by Crippen LogP contribution is -2.25. The first-order chi connectivity index (χ1) is 17.4. The third-order valence-electron chi connectivity index (χ3n) is 6.57. The smallest absolute Gasteiger partial charge is 0.262 e. The van der Waals surface area contributed by atoms with Gasteiger partial charge in [-0.25, -0.2) is 5.01 Å². The number of hydrogen-bond acceptors (Lipinski definition) is 5. The average molecular weight is 497 g/mol. The fourth-order valence-corrected chi connectivity index (χ4v) is 5.41. The zero-order chi connectivity index (χ0) is 25.2. The van der Waals surface area contributed by atoms with Crippen LogP contribution in [0.3, 0.4) is 0 Å². The molecule has 0 unspecified atom stereocenters. The molecule has 7 heteroatoms. The van der Waals surface area contributed by atoms with Gasteiger partial charge in [-0.05, 0) is 55.2 Å². The number of rotatable bonds is 5. The number of aliphatic imine (C=N–C) groups is 1. The standard InChI is InChI=1S/C29H28N4O2S/c1-18-9-12-22(13-10-18)25-16-24(21-7-5-4-6-8-21)32-33(25)29-31-28(35)26(36-29)17-27(34)30-23-14-11-19(2)20(3)15-23/h4-15,25-26H,16-17H2,1-3H3,(H,30,34)/t25-,26+/m0/s1. The Morgan fingerprint density at radius 1 is 1.00 bits per heavy atom. The minimum absolute atomic E-state index is 0.0573. The SMILES string of the molecule is Cc1ccc([C@@H]2CC(c3ccccc3)=NN2C2=NC(=O)[C@@H](CC(=O)Nc3ccc(C)c(C)c3)S2)cc1. The van der Waals surface area contributed by atoms with Crippen molar-refractivity contribution in [1.82, 2.24) is 5.01 Å². The van der Waals surface area contributed by atoms with Crippen molar-refractivity contribution in [2.45, 2.75) is 44.9 Å². The van der Waals surface area contributed by atoms with E-state index >= 15 is 0 Å². The first-order valence-corrected chi connectivity index (χ1v) is 12.9. The number of nitrogens with one attached hydrogen (secondary N) is 1. The van der Waals surface area contributed by atoms with Crippen LogP contribution in [0.5, 0.6) is 0 Å². The Hall–Kier alpha value is -3.71. The first kappa shape index (κ1) is 24.0. The predicted molar refractivity (Wildman–Crippen MR) is 146 cm³/mol. The lowest BCUT2D eigenvalue weighted by molar-refractivity contribution is -0.121. The van der Waals surface area contributed by atoms with E-state index in [0.717, 1.165) is 33.7 Å². The summed E-state index contributed by atoms with van der Waals surface area (Å²) in [6, 6.07) is 24.2. The number of benzene rings is 3. The topological polar surface area (TPSA) is 74.1 Å². The van der Waals surface area contributed by atoms with E-state index in [1.165, 1.54) is 17.3 Å². The van der Waals surface area contributed by atoms with Crippen LogP contribution in [0.2, 0.25) is 0 Å². The zero-order valence-electron chi connectivity index (χ0n) is 20.6. The summed E-state index contributed by atoms with van der Waals surface area (Å²) in [6.45, 7) is 6.10. The van der Waals surface area contributed by atoms with E-state index in [0.29, 0.717) is 11.6 Å². The highest BCUT2D eigenvalue weighted by atomic mass is 32.2. The summed E-state index contributed by atoms with van der Waals surface area (Å²) in [5.41, 5.74) is 7.30. The Bertz CT molecular complexity index is 1370. The van der Waals surface area contributed by atoms with Crippen LogP contribution in [0.15, 0.2) is 82.9 Å². The van der Waals surface area contributed by atoms with Crippen LogP contribution in [-0.4, -0.2) is 33.0 Å². The van der Waals surface area contributed by atoms with E-state index in [1.807, 2.05) is 67.4 Å². The molecule has 0 spiro atoms. The van der Waals surface area contributed by atoms with E-state index in [9.17, 15) is 9.59 Å². The zero-order valence-corrected chi connectivity index (χ0v) is 21.4. The quantitative estimate of drug-likeness (QED) is 0.485. The average Bonchev–Trinajstić information content (AvgIpc) is 3.46. The molecule has 2 heterocycles. The van der Waals surface area contributed by atoms with Crippen LogP contribution in [0.4, 0.5) is 5.69 Å². The fourth-order valence-electron chi connectivity index (χ4n) is 4.34. The van der Waals surface area contributed by atoms with Crippen molar-refractivity contribution in [1.29, 1.82) is 0 Å². The molecule has 182 valence electrons. The van der Waals surface area contributed by atoms with Gasteiger partial charge >= 0.3 is 0 Å². The second-order valence-electron chi connectivity index (χ2n) is 9.28. The van der Waals surface area contributed by atoms with E-state index in [-0.39, 0.29) is 24.3 Å². The predicted octanol–water partition coefficient (Wildman–Crippen LogP) is 5.79. The van der Waals surface area contributed by atoms with E-state index in [1.54, 1.807) is 0 Å². The van der Waals surface area contributed by atoms with Crippen LogP contribution >= 0.6 is 11.8 Å². The summed E-state index contributed by atoms with van der Waals surface area (Å²) in [6.07, 6.45) is 0.764. The molecule has 36 heavy (non-hydrogen) atoms. The van der Waals surface area contributed by atoms with Gasteiger partial charge in [-0.1, -0.05) is 78.0 Å². The number of hydrogen-bond donors (Lipinski definition) is 1. The second-order valence-corrected chi connectivity index (χ2v) is 10.4. The molecule has 0 aromatic heterocycles. The molecule has 0 bridgehead atoms. The molecule has 0 radical (unpaired) electrons. The van der Waals surface area contributed by atoms with Crippen molar-refractivity contribution in [3.63, 3.8) is 0 Å². The molecule has 5 rings (SSSR count). The Morgan fingerprint density at radius 3 is 2.47 bits per heavy atom. The van der Waals surface area contributed by atoms with Crippen molar-refractivity contribution in [2.75, 3.05) is 5.32 Å². The van der Waals surface area contributed by atoms with E-state index < -0.39 is 5.25 Å². The van der Waals surface area contributed by atoms with Gasteiger partial charge < -0.3 is 5.32 Å². The molecule has 2 amide bonds. The summed E-state index contributed by atoms with van der Waals surface area (Å²) in [5, 5.41) is 9.65. The number of carbonyl (C=O) groups excluding carboxylic acids is 2. The van der Waals surface area contributed by atoms with Crippen molar-refractivity contribution in [3.8, 4) is 0 Å².